The summed E-state index contributed by atoms with van der Waals surface area (Å²) in [6.07, 6.45) is 1.31. The fraction of sp³-hybridized carbons (Fsp3) is 0.545. The van der Waals surface area contributed by atoms with Gasteiger partial charge in [0.15, 0.2) is 0 Å². The number of nitrogens with one attached hydrogen (secondary N) is 1. The molecule has 0 aliphatic heterocycles. The van der Waals surface area contributed by atoms with Crippen LogP contribution in [0.5, 0.6) is 0 Å². The summed E-state index contributed by atoms with van der Waals surface area (Å²) in [5, 5.41) is 9.08. The zero-order valence-corrected chi connectivity index (χ0v) is 12.0. The van der Waals surface area contributed by atoms with Gasteiger partial charge in [-0.25, -0.2) is 13.1 Å². The van der Waals surface area contributed by atoms with Gasteiger partial charge in [-0.1, -0.05) is 13.8 Å². The third-order valence-electron chi connectivity index (χ3n) is 2.71. The number of amides is 1. The number of sulfonamides is 1. The number of rotatable bonds is 6. The van der Waals surface area contributed by atoms with Gasteiger partial charge in [-0.2, -0.15) is 0 Å². The highest BCUT2D eigenvalue weighted by molar-refractivity contribution is 7.89. The van der Waals surface area contributed by atoms with E-state index in [-0.39, 0.29) is 23.7 Å². The molecule has 1 aromatic rings. The van der Waals surface area contributed by atoms with E-state index in [0.29, 0.717) is 0 Å². The Morgan fingerprint density at radius 1 is 1.53 bits per heavy atom. The Balaban J connectivity index is 2.96. The van der Waals surface area contributed by atoms with Gasteiger partial charge in [0.2, 0.25) is 10.0 Å². The number of primary amides is 1. The van der Waals surface area contributed by atoms with Gasteiger partial charge in [-0.15, -0.1) is 0 Å². The van der Waals surface area contributed by atoms with Crippen LogP contribution in [0, 0.1) is 5.41 Å². The van der Waals surface area contributed by atoms with Crippen molar-refractivity contribution in [3.05, 3.63) is 18.0 Å². The Hall–Kier alpha value is -1.38. The van der Waals surface area contributed by atoms with Gasteiger partial charge in [-0.05, 0) is 6.07 Å². The van der Waals surface area contributed by atoms with Crippen LogP contribution < -0.4 is 10.5 Å². The molecule has 0 saturated carbocycles. The highest BCUT2D eigenvalue weighted by Gasteiger charge is 2.23. The molecule has 1 rings (SSSR count). The Labute approximate surface area is 112 Å². The molecule has 4 N–H and O–H groups in total. The second-order valence-electron chi connectivity index (χ2n) is 5.18. The molecule has 19 heavy (non-hydrogen) atoms. The molecule has 108 valence electrons. The number of hydrogen-bond acceptors (Lipinski definition) is 4. The first-order valence-corrected chi connectivity index (χ1v) is 7.14. The average Bonchev–Trinajstić information content (AvgIpc) is 2.70. The molecule has 0 aliphatic carbocycles. The molecule has 0 unspecified atom stereocenters. The van der Waals surface area contributed by atoms with Crippen molar-refractivity contribution in [3.8, 4) is 0 Å². The minimum absolute atomic E-state index is 0.0301. The molecule has 1 aromatic heterocycles. The topological polar surface area (TPSA) is 114 Å². The normalized spacial score (nSPS) is 12.6. The lowest BCUT2D eigenvalue weighted by molar-refractivity contribution is 0.0992. The minimum Gasteiger partial charge on any atom is -0.396 e. The van der Waals surface area contributed by atoms with Gasteiger partial charge in [0.1, 0.15) is 10.6 Å². The van der Waals surface area contributed by atoms with Crippen LogP contribution in [0.4, 0.5) is 0 Å². The smallest absolute Gasteiger partial charge is 0.265 e. The van der Waals surface area contributed by atoms with Crippen LogP contribution in [0.15, 0.2) is 17.2 Å². The first-order valence-electron chi connectivity index (χ1n) is 5.66. The summed E-state index contributed by atoms with van der Waals surface area (Å²) in [5.41, 5.74) is 4.68. The third kappa shape index (κ3) is 3.79. The molecule has 0 aliphatic rings. The van der Waals surface area contributed by atoms with Crippen LogP contribution in [-0.4, -0.2) is 37.2 Å². The second-order valence-corrected chi connectivity index (χ2v) is 6.95. The average molecular weight is 289 g/mol. The Morgan fingerprint density at radius 3 is 2.53 bits per heavy atom. The predicted molar refractivity (Wildman–Crippen MR) is 70.0 cm³/mol. The number of nitrogens with two attached hydrogens (primary N) is 1. The monoisotopic (exact) mass is 289 g/mol. The zero-order chi connectivity index (χ0) is 14.8. The SMILES string of the molecule is Cn1cc(S(=O)(=O)NCC(C)(C)CO)cc1C(N)=O. The number of aliphatic hydroxyl groups excluding tert-OH is 1. The number of aromatic nitrogens is 1. The van der Waals surface area contributed by atoms with E-state index in [1.165, 1.54) is 23.9 Å². The van der Waals surface area contributed by atoms with Crippen LogP contribution >= 0.6 is 0 Å². The maximum absolute atomic E-state index is 12.0. The summed E-state index contributed by atoms with van der Waals surface area (Å²) < 4.78 is 27.8. The summed E-state index contributed by atoms with van der Waals surface area (Å²) in [4.78, 5) is 11.0. The minimum atomic E-state index is -3.73. The molecule has 0 saturated heterocycles. The van der Waals surface area contributed by atoms with Gasteiger partial charge in [0, 0.05) is 31.8 Å². The molecular weight excluding hydrogens is 270 g/mol. The van der Waals surface area contributed by atoms with E-state index in [0.717, 1.165) is 0 Å². The summed E-state index contributed by atoms with van der Waals surface area (Å²) in [6.45, 7) is 3.41. The van der Waals surface area contributed by atoms with E-state index in [2.05, 4.69) is 4.72 Å². The molecule has 0 radical (unpaired) electrons. The van der Waals surface area contributed by atoms with Crippen molar-refractivity contribution in [2.75, 3.05) is 13.2 Å². The summed E-state index contributed by atoms with van der Waals surface area (Å²) in [5.74, 6) is -0.695. The van der Waals surface area contributed by atoms with Crippen molar-refractivity contribution in [2.45, 2.75) is 18.7 Å². The van der Waals surface area contributed by atoms with Crippen LogP contribution in [0.2, 0.25) is 0 Å². The quantitative estimate of drug-likeness (QED) is 0.650. The van der Waals surface area contributed by atoms with E-state index in [1.807, 2.05) is 0 Å². The van der Waals surface area contributed by atoms with E-state index >= 15 is 0 Å². The molecule has 8 heteroatoms. The molecule has 0 bridgehead atoms. The maximum atomic E-state index is 12.0. The highest BCUT2D eigenvalue weighted by Crippen LogP contribution is 2.16. The van der Waals surface area contributed by atoms with E-state index in [9.17, 15) is 13.2 Å². The van der Waals surface area contributed by atoms with Crippen molar-refractivity contribution in [2.24, 2.45) is 18.2 Å². The van der Waals surface area contributed by atoms with Crippen LogP contribution in [-0.2, 0) is 17.1 Å². The number of aliphatic hydroxyl groups is 1. The van der Waals surface area contributed by atoms with Crippen molar-refractivity contribution in [3.63, 3.8) is 0 Å². The number of hydrogen-bond donors (Lipinski definition) is 3. The third-order valence-corrected chi connectivity index (χ3v) is 4.08. The van der Waals surface area contributed by atoms with Crippen molar-refractivity contribution in [1.29, 1.82) is 0 Å². The summed E-state index contributed by atoms with van der Waals surface area (Å²) in [7, 11) is -2.19. The number of carbonyl (C=O) groups excluding carboxylic acids is 1. The first-order chi connectivity index (χ1) is 8.59. The molecule has 1 heterocycles. The summed E-state index contributed by atoms with van der Waals surface area (Å²) in [6, 6.07) is 1.22. The lowest BCUT2D eigenvalue weighted by Crippen LogP contribution is -2.35. The molecule has 0 spiro atoms. The van der Waals surface area contributed by atoms with Crippen LogP contribution in [0.3, 0.4) is 0 Å². The van der Waals surface area contributed by atoms with Crippen molar-refractivity contribution < 1.29 is 18.3 Å². The molecule has 7 nitrogen and oxygen atoms in total. The molecule has 0 atom stereocenters. The van der Waals surface area contributed by atoms with Gasteiger partial charge in [-0.3, -0.25) is 4.79 Å². The largest absolute Gasteiger partial charge is 0.396 e. The van der Waals surface area contributed by atoms with Crippen LogP contribution in [0.1, 0.15) is 24.3 Å². The van der Waals surface area contributed by atoms with E-state index < -0.39 is 21.3 Å². The standard InChI is InChI=1S/C11H19N3O4S/c1-11(2,7-15)6-13-19(17,18)8-4-9(10(12)16)14(3)5-8/h4-5,13,15H,6-7H2,1-3H3,(H2,12,16). The van der Waals surface area contributed by atoms with Crippen molar-refractivity contribution >= 4 is 15.9 Å². The fourth-order valence-electron chi connectivity index (χ4n) is 1.36. The molecule has 0 fully saturated rings. The Morgan fingerprint density at radius 2 is 2.11 bits per heavy atom. The summed E-state index contributed by atoms with van der Waals surface area (Å²) >= 11 is 0. The molecular formula is C11H19N3O4S. The molecule has 1 amide bonds. The van der Waals surface area contributed by atoms with Crippen LogP contribution in [0.25, 0.3) is 0 Å². The number of aryl methyl sites for hydroxylation is 1. The van der Waals surface area contributed by atoms with E-state index in [1.54, 1.807) is 13.8 Å². The first kappa shape index (κ1) is 15.7. The van der Waals surface area contributed by atoms with E-state index in [4.69, 9.17) is 10.8 Å². The van der Waals surface area contributed by atoms with Gasteiger partial charge in [0.25, 0.3) is 5.91 Å². The number of nitrogens with zero attached hydrogens (tertiary/aromatic N) is 1. The van der Waals surface area contributed by atoms with Gasteiger partial charge in [0.05, 0.1) is 0 Å². The lowest BCUT2D eigenvalue weighted by atomic mass is 9.96. The van der Waals surface area contributed by atoms with Gasteiger partial charge < -0.3 is 15.4 Å². The fourth-order valence-corrected chi connectivity index (χ4v) is 2.67. The lowest BCUT2D eigenvalue weighted by Gasteiger charge is -2.21. The number of carbonyl (C=O) groups is 1. The van der Waals surface area contributed by atoms with Crippen molar-refractivity contribution in [1.82, 2.24) is 9.29 Å². The Kier molecular flexibility index (Phi) is 4.39. The molecule has 0 aromatic carbocycles. The Bertz CT molecular complexity index is 575. The second kappa shape index (κ2) is 5.32. The predicted octanol–water partition coefficient (Wildman–Crippen LogP) is -0.579. The maximum Gasteiger partial charge on any atom is 0.265 e. The highest BCUT2D eigenvalue weighted by atomic mass is 32.2. The zero-order valence-electron chi connectivity index (χ0n) is 11.2. The van der Waals surface area contributed by atoms with Gasteiger partial charge >= 0.3 is 0 Å².